The standard InChI is InChI=1S/C25H27N5/c1-2-22-24(20-10-13-26-14-11-20)25-27-15-12-23(30(25)28-22)21-9-6-16-29(18-21)17-19-7-4-3-5-8-19/h3-5,7-8,10-15,21H,2,6,9,16-18H2,1H3. The monoisotopic (exact) mass is 397 g/mol. The Morgan fingerprint density at radius 1 is 1.00 bits per heavy atom. The maximum Gasteiger partial charge on any atom is 0.163 e. The van der Waals surface area contributed by atoms with Crippen LogP contribution in [0.5, 0.6) is 0 Å². The van der Waals surface area contributed by atoms with E-state index in [2.05, 4.69) is 57.7 Å². The summed E-state index contributed by atoms with van der Waals surface area (Å²) in [5.41, 5.74) is 6.97. The number of benzene rings is 1. The first-order valence-electron chi connectivity index (χ1n) is 10.9. The van der Waals surface area contributed by atoms with Gasteiger partial charge in [-0.3, -0.25) is 9.88 Å². The van der Waals surface area contributed by atoms with Crippen molar-refractivity contribution in [1.82, 2.24) is 24.5 Å². The van der Waals surface area contributed by atoms with E-state index in [-0.39, 0.29) is 0 Å². The van der Waals surface area contributed by atoms with E-state index < -0.39 is 0 Å². The Balaban J connectivity index is 1.49. The second-order valence-electron chi connectivity index (χ2n) is 8.08. The minimum absolute atomic E-state index is 0.461. The summed E-state index contributed by atoms with van der Waals surface area (Å²) < 4.78 is 2.10. The van der Waals surface area contributed by atoms with Crippen molar-refractivity contribution in [3.05, 3.63) is 84.1 Å². The fourth-order valence-corrected chi connectivity index (χ4v) is 4.66. The van der Waals surface area contributed by atoms with Gasteiger partial charge in [0.15, 0.2) is 5.65 Å². The third kappa shape index (κ3) is 3.61. The lowest BCUT2D eigenvalue weighted by atomic mass is 9.94. The van der Waals surface area contributed by atoms with Crippen LogP contribution in [0.3, 0.4) is 0 Å². The molecule has 1 aliphatic heterocycles. The molecule has 4 heterocycles. The van der Waals surface area contributed by atoms with Crippen LogP contribution in [0.2, 0.25) is 0 Å². The highest BCUT2D eigenvalue weighted by Crippen LogP contribution is 2.32. The van der Waals surface area contributed by atoms with Crippen molar-refractivity contribution >= 4 is 5.65 Å². The Morgan fingerprint density at radius 3 is 2.63 bits per heavy atom. The van der Waals surface area contributed by atoms with Gasteiger partial charge in [-0.25, -0.2) is 9.50 Å². The van der Waals surface area contributed by atoms with E-state index in [1.165, 1.54) is 24.1 Å². The first-order chi connectivity index (χ1) is 14.8. The van der Waals surface area contributed by atoms with Crippen LogP contribution in [-0.2, 0) is 13.0 Å². The fraction of sp³-hybridized carbons (Fsp3) is 0.320. The van der Waals surface area contributed by atoms with Gasteiger partial charge in [0.25, 0.3) is 0 Å². The predicted molar refractivity (Wildman–Crippen MR) is 119 cm³/mol. The van der Waals surface area contributed by atoms with Gasteiger partial charge in [-0.15, -0.1) is 0 Å². The zero-order valence-electron chi connectivity index (χ0n) is 17.4. The molecular formula is C25H27N5. The van der Waals surface area contributed by atoms with Gasteiger partial charge in [0.05, 0.1) is 11.4 Å². The van der Waals surface area contributed by atoms with Crippen molar-refractivity contribution in [3.8, 4) is 11.1 Å². The van der Waals surface area contributed by atoms with Crippen LogP contribution in [0.25, 0.3) is 16.8 Å². The zero-order valence-corrected chi connectivity index (χ0v) is 17.4. The molecule has 0 saturated carbocycles. The molecule has 30 heavy (non-hydrogen) atoms. The van der Waals surface area contributed by atoms with Crippen LogP contribution < -0.4 is 0 Å². The summed E-state index contributed by atoms with van der Waals surface area (Å²) in [7, 11) is 0. The molecule has 5 nitrogen and oxygen atoms in total. The SMILES string of the molecule is CCc1nn2c(C3CCCN(Cc4ccccc4)C3)ccnc2c1-c1ccncc1. The Hall–Kier alpha value is -3.05. The number of hydrogen-bond donors (Lipinski definition) is 0. The van der Waals surface area contributed by atoms with E-state index in [1.54, 1.807) is 0 Å². The molecule has 0 amide bonds. The number of fused-ring (bicyclic) bond motifs is 1. The van der Waals surface area contributed by atoms with Gasteiger partial charge in [0.1, 0.15) is 0 Å². The average Bonchev–Trinajstić information content (AvgIpc) is 3.19. The highest BCUT2D eigenvalue weighted by molar-refractivity contribution is 5.79. The lowest BCUT2D eigenvalue weighted by Gasteiger charge is -2.33. The molecule has 4 aromatic rings. The topological polar surface area (TPSA) is 46.3 Å². The first kappa shape index (κ1) is 18.9. The largest absolute Gasteiger partial charge is 0.298 e. The van der Waals surface area contributed by atoms with E-state index in [1.807, 2.05) is 30.7 Å². The van der Waals surface area contributed by atoms with Crippen LogP contribution in [0.15, 0.2) is 67.1 Å². The average molecular weight is 398 g/mol. The van der Waals surface area contributed by atoms with Crippen LogP contribution in [0.1, 0.15) is 42.6 Å². The number of aromatic nitrogens is 4. The molecule has 0 bridgehead atoms. The molecule has 5 rings (SSSR count). The maximum atomic E-state index is 5.01. The van der Waals surface area contributed by atoms with E-state index >= 15 is 0 Å². The van der Waals surface area contributed by atoms with Gasteiger partial charge >= 0.3 is 0 Å². The third-order valence-corrected chi connectivity index (χ3v) is 6.10. The number of nitrogens with zero attached hydrogens (tertiary/aromatic N) is 5. The second kappa shape index (κ2) is 8.36. The summed E-state index contributed by atoms with van der Waals surface area (Å²) in [4.78, 5) is 11.5. The van der Waals surface area contributed by atoms with E-state index in [0.717, 1.165) is 48.5 Å². The molecule has 1 aliphatic rings. The Labute approximate surface area is 177 Å². The Kier molecular flexibility index (Phi) is 5.28. The summed E-state index contributed by atoms with van der Waals surface area (Å²) in [6, 6.07) is 17.0. The molecule has 3 aromatic heterocycles. The molecule has 0 spiro atoms. The highest BCUT2D eigenvalue weighted by atomic mass is 15.3. The Bertz CT molecular complexity index is 1120. The molecule has 1 unspecified atom stereocenters. The lowest BCUT2D eigenvalue weighted by Crippen LogP contribution is -2.34. The van der Waals surface area contributed by atoms with Gasteiger partial charge in [0, 0.05) is 43.2 Å². The molecule has 1 aromatic carbocycles. The van der Waals surface area contributed by atoms with Gasteiger partial charge in [-0.05, 0) is 55.1 Å². The fourth-order valence-electron chi connectivity index (χ4n) is 4.66. The number of piperidine rings is 1. The van der Waals surface area contributed by atoms with Crippen molar-refractivity contribution in [2.75, 3.05) is 13.1 Å². The summed E-state index contributed by atoms with van der Waals surface area (Å²) in [6.07, 6.45) is 8.91. The zero-order chi connectivity index (χ0) is 20.3. The summed E-state index contributed by atoms with van der Waals surface area (Å²) in [5, 5.41) is 5.01. The van der Waals surface area contributed by atoms with Crippen LogP contribution in [0, 0.1) is 0 Å². The van der Waals surface area contributed by atoms with Crippen molar-refractivity contribution in [3.63, 3.8) is 0 Å². The van der Waals surface area contributed by atoms with Crippen LogP contribution >= 0.6 is 0 Å². The molecule has 0 radical (unpaired) electrons. The van der Waals surface area contributed by atoms with Crippen LogP contribution in [0.4, 0.5) is 0 Å². The Morgan fingerprint density at radius 2 is 1.83 bits per heavy atom. The van der Waals surface area contributed by atoms with Crippen molar-refractivity contribution in [2.45, 2.75) is 38.6 Å². The molecule has 152 valence electrons. The van der Waals surface area contributed by atoms with Crippen molar-refractivity contribution < 1.29 is 0 Å². The summed E-state index contributed by atoms with van der Waals surface area (Å²) >= 11 is 0. The van der Waals surface area contributed by atoms with Crippen molar-refractivity contribution in [2.24, 2.45) is 0 Å². The maximum absolute atomic E-state index is 5.01. The van der Waals surface area contributed by atoms with Crippen LogP contribution in [-0.4, -0.2) is 37.6 Å². The number of rotatable bonds is 5. The molecule has 0 aliphatic carbocycles. The quantitative estimate of drug-likeness (QED) is 0.488. The number of pyridine rings is 1. The normalized spacial score (nSPS) is 17.4. The van der Waals surface area contributed by atoms with Gasteiger partial charge < -0.3 is 0 Å². The number of aryl methyl sites for hydroxylation is 1. The van der Waals surface area contributed by atoms with Gasteiger partial charge in [-0.2, -0.15) is 5.10 Å². The van der Waals surface area contributed by atoms with Gasteiger partial charge in [0.2, 0.25) is 0 Å². The molecule has 1 fully saturated rings. The minimum Gasteiger partial charge on any atom is -0.298 e. The third-order valence-electron chi connectivity index (χ3n) is 6.10. The molecule has 0 N–H and O–H groups in total. The lowest BCUT2D eigenvalue weighted by molar-refractivity contribution is 0.197. The highest BCUT2D eigenvalue weighted by Gasteiger charge is 2.25. The molecule has 5 heteroatoms. The first-order valence-corrected chi connectivity index (χ1v) is 10.9. The molecule has 1 saturated heterocycles. The van der Waals surface area contributed by atoms with E-state index in [9.17, 15) is 0 Å². The number of likely N-dealkylation sites (tertiary alicyclic amines) is 1. The van der Waals surface area contributed by atoms with Gasteiger partial charge in [-0.1, -0.05) is 37.3 Å². The predicted octanol–water partition coefficient (Wildman–Crippen LogP) is 4.73. The smallest absolute Gasteiger partial charge is 0.163 e. The molecule has 1 atom stereocenters. The van der Waals surface area contributed by atoms with E-state index in [4.69, 9.17) is 10.1 Å². The second-order valence-corrected chi connectivity index (χ2v) is 8.08. The van der Waals surface area contributed by atoms with E-state index in [0.29, 0.717) is 5.92 Å². The summed E-state index contributed by atoms with van der Waals surface area (Å²) in [5.74, 6) is 0.461. The molecular weight excluding hydrogens is 370 g/mol. The number of hydrogen-bond acceptors (Lipinski definition) is 4. The summed E-state index contributed by atoms with van der Waals surface area (Å²) in [6.45, 7) is 5.38. The minimum atomic E-state index is 0.461. The van der Waals surface area contributed by atoms with Crippen molar-refractivity contribution in [1.29, 1.82) is 0 Å².